The fourth-order valence-electron chi connectivity index (χ4n) is 0.275. The number of hydrogen-bond donors (Lipinski definition) is 0. The van der Waals surface area contributed by atoms with E-state index in [1.807, 2.05) is 0 Å². The van der Waals surface area contributed by atoms with Crippen molar-refractivity contribution in [2.24, 2.45) is 0 Å². The van der Waals surface area contributed by atoms with Gasteiger partial charge < -0.3 is 9.47 Å². The third-order valence-electron chi connectivity index (χ3n) is 0.594. The van der Waals surface area contributed by atoms with Crippen molar-refractivity contribution in [1.82, 2.24) is 0 Å². The van der Waals surface area contributed by atoms with Gasteiger partial charge in [-0.2, -0.15) is 0 Å². The number of carbonyl (C=O) groups excluding carboxylic acids is 1. The Morgan fingerprint density at radius 1 is 1.50 bits per heavy atom. The molecule has 0 N–H and O–H groups in total. The molecule has 0 spiro atoms. The Labute approximate surface area is 48.6 Å². The van der Waals surface area contributed by atoms with Gasteiger partial charge in [-0.05, 0) is 0 Å². The molecule has 3 nitrogen and oxygen atoms in total. The van der Waals surface area contributed by atoms with E-state index in [1.165, 1.54) is 6.47 Å². The Hall–Kier alpha value is -0.570. The van der Waals surface area contributed by atoms with E-state index in [2.05, 4.69) is 16.6 Å². The van der Waals surface area contributed by atoms with Crippen molar-refractivity contribution in [3.8, 4) is 0 Å². The smallest absolute Gasteiger partial charge is 0.417 e. The van der Waals surface area contributed by atoms with Gasteiger partial charge in [-0.3, -0.25) is 0 Å². The topological polar surface area (TPSA) is 35.5 Å². The lowest BCUT2D eigenvalue weighted by Crippen LogP contribution is -1.95. The van der Waals surface area contributed by atoms with Crippen LogP contribution in [0.1, 0.15) is 6.42 Å². The summed E-state index contributed by atoms with van der Waals surface area (Å²) in [4.78, 5) is 9.36. The van der Waals surface area contributed by atoms with E-state index in [4.69, 9.17) is 0 Å². The summed E-state index contributed by atoms with van der Waals surface area (Å²) < 4.78 is 8.65. The number of rotatable bonds is 5. The first-order valence-corrected chi connectivity index (χ1v) is 2.27. The minimum atomic E-state index is 0.360. The van der Waals surface area contributed by atoms with Crippen molar-refractivity contribution in [1.29, 1.82) is 0 Å². The first-order valence-electron chi connectivity index (χ1n) is 2.27. The predicted octanol–water partition coefficient (Wildman–Crippen LogP) is 0.268. The van der Waals surface area contributed by atoms with Crippen LogP contribution in [0.3, 0.4) is 0 Å². The SMILES string of the molecule is [CH2]OCCCO[C]=O. The standard InChI is InChI=1S/C5H8O3/c1-7-3-2-4-8-5-6/h1-4H2. The van der Waals surface area contributed by atoms with Crippen LogP contribution >= 0.6 is 0 Å². The van der Waals surface area contributed by atoms with Crippen LogP contribution in [0, 0.1) is 7.11 Å². The molecule has 0 atom stereocenters. The van der Waals surface area contributed by atoms with Crippen LogP contribution < -0.4 is 0 Å². The van der Waals surface area contributed by atoms with Crippen molar-refractivity contribution in [3.63, 3.8) is 0 Å². The molecule has 0 aromatic rings. The molecule has 0 unspecified atom stereocenters. The fraction of sp³-hybridized carbons (Fsp3) is 0.600. The molecule has 0 bridgehead atoms. The highest BCUT2D eigenvalue weighted by Gasteiger charge is 1.83. The number of ether oxygens (including phenoxy) is 2. The molecular weight excluding hydrogens is 108 g/mol. The molecule has 0 saturated heterocycles. The van der Waals surface area contributed by atoms with Gasteiger partial charge in [0.1, 0.15) is 0 Å². The van der Waals surface area contributed by atoms with Crippen LogP contribution in [-0.4, -0.2) is 19.7 Å². The second-order valence-corrected chi connectivity index (χ2v) is 1.19. The fourth-order valence-corrected chi connectivity index (χ4v) is 0.275. The van der Waals surface area contributed by atoms with Crippen molar-refractivity contribution < 1.29 is 14.3 Å². The summed E-state index contributed by atoms with van der Waals surface area (Å²) in [5.74, 6) is 0. The molecule has 3 heteroatoms. The summed E-state index contributed by atoms with van der Waals surface area (Å²) in [6.45, 7) is 2.18. The molecule has 0 aromatic heterocycles. The lowest BCUT2D eigenvalue weighted by molar-refractivity contribution is 0.195. The molecule has 0 aromatic carbocycles. The molecule has 0 saturated carbocycles. The Morgan fingerprint density at radius 3 is 2.75 bits per heavy atom. The minimum Gasteiger partial charge on any atom is -0.457 e. The van der Waals surface area contributed by atoms with Gasteiger partial charge in [0.2, 0.25) is 0 Å². The highest BCUT2D eigenvalue weighted by Crippen LogP contribution is 1.79. The monoisotopic (exact) mass is 116 g/mol. The summed E-state index contributed by atoms with van der Waals surface area (Å²) in [6.07, 6.45) is 0.679. The van der Waals surface area contributed by atoms with Gasteiger partial charge in [0.25, 0.3) is 0 Å². The van der Waals surface area contributed by atoms with Crippen LogP contribution in [-0.2, 0) is 14.3 Å². The van der Waals surface area contributed by atoms with Crippen LogP contribution in [0.2, 0.25) is 0 Å². The van der Waals surface area contributed by atoms with Gasteiger partial charge in [-0.15, -0.1) is 0 Å². The first-order chi connectivity index (χ1) is 3.91. The van der Waals surface area contributed by atoms with E-state index in [9.17, 15) is 4.79 Å². The molecule has 8 heavy (non-hydrogen) atoms. The van der Waals surface area contributed by atoms with Crippen LogP contribution in [0.5, 0.6) is 0 Å². The summed E-state index contributed by atoms with van der Waals surface area (Å²) in [6, 6.07) is 0. The van der Waals surface area contributed by atoms with Crippen molar-refractivity contribution in [3.05, 3.63) is 7.11 Å². The van der Waals surface area contributed by atoms with Crippen molar-refractivity contribution >= 4 is 6.47 Å². The highest BCUT2D eigenvalue weighted by molar-refractivity contribution is 5.37. The van der Waals surface area contributed by atoms with E-state index in [0.29, 0.717) is 19.6 Å². The van der Waals surface area contributed by atoms with E-state index in [1.54, 1.807) is 0 Å². The summed E-state index contributed by atoms with van der Waals surface area (Å²) in [7, 11) is 3.13. The third kappa shape index (κ3) is 5.43. The summed E-state index contributed by atoms with van der Waals surface area (Å²) in [5.41, 5.74) is 0. The van der Waals surface area contributed by atoms with Crippen LogP contribution in [0.15, 0.2) is 0 Å². The predicted molar refractivity (Wildman–Crippen MR) is 27.6 cm³/mol. The Balaban J connectivity index is 2.62. The van der Waals surface area contributed by atoms with Gasteiger partial charge in [0, 0.05) is 13.0 Å². The van der Waals surface area contributed by atoms with E-state index in [-0.39, 0.29) is 0 Å². The van der Waals surface area contributed by atoms with E-state index >= 15 is 0 Å². The van der Waals surface area contributed by atoms with Gasteiger partial charge in [0.15, 0.2) is 0 Å². The van der Waals surface area contributed by atoms with Gasteiger partial charge >= 0.3 is 6.47 Å². The second kappa shape index (κ2) is 6.43. The van der Waals surface area contributed by atoms with Crippen molar-refractivity contribution in [2.45, 2.75) is 6.42 Å². The van der Waals surface area contributed by atoms with Gasteiger partial charge in [-0.1, -0.05) is 0 Å². The molecule has 0 aliphatic heterocycles. The Bertz CT molecular complexity index is 53.6. The maximum absolute atomic E-state index is 9.36. The molecule has 0 heterocycles. The van der Waals surface area contributed by atoms with Gasteiger partial charge in [0.05, 0.1) is 13.7 Å². The molecule has 0 aliphatic rings. The Morgan fingerprint density at radius 2 is 2.25 bits per heavy atom. The largest absolute Gasteiger partial charge is 0.457 e. The molecule has 0 fully saturated rings. The minimum absolute atomic E-state index is 0.360. The molecular formula is C5H8O3. The normalized spacial score (nSPS) is 8.62. The number of hydrogen-bond acceptors (Lipinski definition) is 3. The van der Waals surface area contributed by atoms with Crippen molar-refractivity contribution in [2.75, 3.05) is 13.2 Å². The third-order valence-corrected chi connectivity index (χ3v) is 0.594. The Kier molecular flexibility index (Phi) is 5.97. The maximum atomic E-state index is 9.36. The lowest BCUT2D eigenvalue weighted by Gasteiger charge is -1.93. The summed E-state index contributed by atoms with van der Waals surface area (Å²) in [5, 5.41) is 0. The van der Waals surface area contributed by atoms with Gasteiger partial charge in [-0.25, -0.2) is 4.79 Å². The first kappa shape index (κ1) is 7.43. The zero-order valence-electron chi connectivity index (χ0n) is 4.55. The van der Waals surface area contributed by atoms with E-state index in [0.717, 1.165) is 0 Å². The average molecular weight is 116 g/mol. The molecule has 0 rings (SSSR count). The van der Waals surface area contributed by atoms with Crippen LogP contribution in [0.25, 0.3) is 0 Å². The quantitative estimate of drug-likeness (QED) is 0.483. The second-order valence-electron chi connectivity index (χ2n) is 1.19. The van der Waals surface area contributed by atoms with E-state index < -0.39 is 0 Å². The molecule has 2 radical (unpaired) electrons. The maximum Gasteiger partial charge on any atom is 0.417 e. The molecule has 46 valence electrons. The lowest BCUT2D eigenvalue weighted by atomic mass is 10.5. The van der Waals surface area contributed by atoms with Crippen LogP contribution in [0.4, 0.5) is 0 Å². The molecule has 0 aliphatic carbocycles. The summed E-state index contributed by atoms with van der Waals surface area (Å²) >= 11 is 0. The highest BCUT2D eigenvalue weighted by atomic mass is 16.5. The zero-order valence-corrected chi connectivity index (χ0v) is 4.55. The average Bonchev–Trinajstić information content (AvgIpc) is 1.81. The molecule has 0 amide bonds. The zero-order chi connectivity index (χ0) is 6.24.